The molecule has 2 aromatic heterocycles. The average molecular weight is 336 g/mol. The first-order valence-corrected chi connectivity index (χ1v) is 7.34. The Morgan fingerprint density at radius 1 is 1.26 bits per heavy atom. The van der Waals surface area contributed by atoms with Gasteiger partial charge >= 0.3 is 5.76 Å². The number of oxazole rings is 1. The van der Waals surface area contributed by atoms with Crippen molar-refractivity contribution in [3.05, 3.63) is 62.6 Å². The summed E-state index contributed by atoms with van der Waals surface area (Å²) in [6.45, 7) is 2.03. The fourth-order valence-corrected chi connectivity index (χ4v) is 3.04. The van der Waals surface area contributed by atoms with Crippen LogP contribution in [-0.2, 0) is 0 Å². The van der Waals surface area contributed by atoms with E-state index in [0.29, 0.717) is 0 Å². The van der Waals surface area contributed by atoms with Crippen LogP contribution < -0.4 is 5.76 Å². The fourth-order valence-electron chi connectivity index (χ4n) is 1.88. The van der Waals surface area contributed by atoms with Crippen LogP contribution in [0.1, 0.15) is 5.56 Å². The van der Waals surface area contributed by atoms with Gasteiger partial charge in [-0.05, 0) is 48.2 Å². The van der Waals surface area contributed by atoms with Gasteiger partial charge in [-0.15, -0.1) is 11.3 Å². The number of halogens is 1. The molecule has 0 atom stereocenters. The number of rotatable bonds is 2. The summed E-state index contributed by atoms with van der Waals surface area (Å²) in [5.74, 6) is -0.372. The quantitative estimate of drug-likeness (QED) is 0.702. The fraction of sp³-hybridized carbons (Fsp3) is 0.0714. The molecule has 3 aromatic rings. The van der Waals surface area contributed by atoms with Gasteiger partial charge < -0.3 is 4.42 Å². The van der Waals surface area contributed by atoms with E-state index in [0.717, 1.165) is 20.7 Å². The molecule has 0 amide bonds. The van der Waals surface area contributed by atoms with Gasteiger partial charge in [-0.3, -0.25) is 0 Å². The van der Waals surface area contributed by atoms with Crippen LogP contribution in [0, 0.1) is 6.92 Å². The van der Waals surface area contributed by atoms with Gasteiger partial charge in [0.15, 0.2) is 0 Å². The molecule has 0 saturated heterocycles. The van der Waals surface area contributed by atoms with Crippen molar-refractivity contribution in [3.8, 4) is 16.3 Å². The molecule has 0 radical (unpaired) electrons. The van der Waals surface area contributed by atoms with Crippen LogP contribution in [-0.4, -0.2) is 4.57 Å². The van der Waals surface area contributed by atoms with Crippen molar-refractivity contribution in [3.63, 3.8) is 0 Å². The van der Waals surface area contributed by atoms with Gasteiger partial charge in [0.25, 0.3) is 0 Å². The highest BCUT2D eigenvalue weighted by molar-refractivity contribution is 9.10. The molecule has 0 aliphatic carbocycles. The van der Waals surface area contributed by atoms with E-state index in [4.69, 9.17) is 4.42 Å². The number of aromatic nitrogens is 1. The second-order valence-corrected chi connectivity index (χ2v) is 6.01. The molecule has 2 heterocycles. The Labute approximate surface area is 122 Å². The Morgan fingerprint density at radius 3 is 2.63 bits per heavy atom. The van der Waals surface area contributed by atoms with Gasteiger partial charge in [-0.1, -0.05) is 15.9 Å². The third-order valence-corrected chi connectivity index (χ3v) is 4.36. The number of hydrogen-bond donors (Lipinski definition) is 0. The summed E-state index contributed by atoms with van der Waals surface area (Å²) in [6, 6.07) is 9.61. The van der Waals surface area contributed by atoms with Crippen molar-refractivity contribution in [2.45, 2.75) is 6.92 Å². The lowest BCUT2D eigenvalue weighted by Crippen LogP contribution is -2.12. The summed E-state index contributed by atoms with van der Waals surface area (Å²) in [5.41, 5.74) is 2.75. The van der Waals surface area contributed by atoms with Gasteiger partial charge in [0.2, 0.25) is 0 Å². The van der Waals surface area contributed by atoms with E-state index in [1.807, 2.05) is 37.3 Å². The van der Waals surface area contributed by atoms with E-state index in [2.05, 4.69) is 21.3 Å². The summed E-state index contributed by atoms with van der Waals surface area (Å²) in [6.07, 6.45) is 1.51. The Balaban J connectivity index is 2.19. The maximum Gasteiger partial charge on any atom is 0.424 e. The largest absolute Gasteiger partial charge is 0.424 e. The number of thiophene rings is 1. The predicted octanol–water partition coefficient (Wildman–Crippen LogP) is 4.23. The van der Waals surface area contributed by atoms with Gasteiger partial charge in [-0.25, -0.2) is 9.36 Å². The van der Waals surface area contributed by atoms with Crippen molar-refractivity contribution in [2.24, 2.45) is 0 Å². The SMILES string of the molecule is Cc1csc(-c2coc(=O)n2-c2ccc(Br)cc2)c1. The van der Waals surface area contributed by atoms with Crippen molar-refractivity contribution in [1.82, 2.24) is 4.57 Å². The van der Waals surface area contributed by atoms with E-state index in [-0.39, 0.29) is 5.76 Å². The van der Waals surface area contributed by atoms with Gasteiger partial charge in [-0.2, -0.15) is 0 Å². The molecule has 0 fully saturated rings. The Kier molecular flexibility index (Phi) is 3.16. The molecule has 19 heavy (non-hydrogen) atoms. The van der Waals surface area contributed by atoms with Crippen LogP contribution >= 0.6 is 27.3 Å². The molecule has 0 unspecified atom stereocenters. The molecule has 0 aliphatic heterocycles. The molecule has 3 rings (SSSR count). The Hall–Kier alpha value is -1.59. The Morgan fingerprint density at radius 2 is 2.00 bits per heavy atom. The van der Waals surface area contributed by atoms with Crippen molar-refractivity contribution in [1.29, 1.82) is 0 Å². The molecule has 0 spiro atoms. The number of nitrogens with zero attached hydrogens (tertiary/aromatic N) is 1. The number of benzene rings is 1. The standard InChI is InChI=1S/C14H10BrNO2S/c1-9-6-13(19-8-9)12-7-18-14(17)16(12)11-4-2-10(15)3-5-11/h2-8H,1H3. The third kappa shape index (κ3) is 2.31. The molecule has 0 N–H and O–H groups in total. The monoisotopic (exact) mass is 335 g/mol. The van der Waals surface area contributed by atoms with E-state index in [1.54, 1.807) is 15.9 Å². The highest BCUT2D eigenvalue weighted by Crippen LogP contribution is 2.28. The zero-order valence-corrected chi connectivity index (χ0v) is 12.5. The van der Waals surface area contributed by atoms with E-state index >= 15 is 0 Å². The minimum Gasteiger partial charge on any atom is -0.415 e. The zero-order valence-electron chi connectivity index (χ0n) is 10.1. The molecule has 0 bridgehead atoms. The maximum absolute atomic E-state index is 11.9. The molecule has 1 aromatic carbocycles. The molecule has 3 nitrogen and oxygen atoms in total. The summed E-state index contributed by atoms with van der Waals surface area (Å²) < 4.78 is 7.60. The van der Waals surface area contributed by atoms with Crippen LogP contribution in [0.25, 0.3) is 16.3 Å². The molecular weight excluding hydrogens is 326 g/mol. The van der Waals surface area contributed by atoms with Gasteiger partial charge in [0.1, 0.15) is 12.0 Å². The van der Waals surface area contributed by atoms with E-state index in [9.17, 15) is 4.79 Å². The van der Waals surface area contributed by atoms with E-state index < -0.39 is 0 Å². The molecule has 5 heteroatoms. The van der Waals surface area contributed by atoms with E-state index in [1.165, 1.54) is 11.8 Å². The highest BCUT2D eigenvalue weighted by atomic mass is 79.9. The third-order valence-electron chi connectivity index (χ3n) is 2.76. The van der Waals surface area contributed by atoms with Crippen molar-refractivity contribution >= 4 is 27.3 Å². The van der Waals surface area contributed by atoms with Gasteiger partial charge in [0, 0.05) is 4.47 Å². The summed E-state index contributed by atoms with van der Waals surface area (Å²) in [7, 11) is 0. The molecule has 0 saturated carbocycles. The van der Waals surface area contributed by atoms with Crippen LogP contribution in [0.4, 0.5) is 0 Å². The Bertz CT molecular complexity index is 767. The number of hydrogen-bond acceptors (Lipinski definition) is 3. The first-order chi connectivity index (χ1) is 9.15. The number of aryl methyl sites for hydroxylation is 1. The smallest absolute Gasteiger partial charge is 0.415 e. The minimum absolute atomic E-state index is 0.372. The van der Waals surface area contributed by atoms with Crippen LogP contribution in [0.15, 0.2) is 55.7 Å². The molecule has 0 aliphatic rings. The summed E-state index contributed by atoms with van der Waals surface area (Å²) in [4.78, 5) is 12.9. The lowest BCUT2D eigenvalue weighted by Gasteiger charge is -2.04. The predicted molar refractivity (Wildman–Crippen MR) is 80.1 cm³/mol. The molecular formula is C14H10BrNO2S. The normalized spacial score (nSPS) is 10.8. The maximum atomic E-state index is 11.9. The summed E-state index contributed by atoms with van der Waals surface area (Å²) >= 11 is 4.98. The second kappa shape index (κ2) is 4.83. The topological polar surface area (TPSA) is 35.1 Å². The second-order valence-electron chi connectivity index (χ2n) is 4.19. The highest BCUT2D eigenvalue weighted by Gasteiger charge is 2.13. The van der Waals surface area contributed by atoms with Gasteiger partial charge in [0.05, 0.1) is 10.6 Å². The first kappa shape index (κ1) is 12.4. The van der Waals surface area contributed by atoms with Crippen LogP contribution in [0.2, 0.25) is 0 Å². The lowest BCUT2D eigenvalue weighted by molar-refractivity contribution is 0.504. The summed E-state index contributed by atoms with van der Waals surface area (Å²) in [5, 5.41) is 2.05. The van der Waals surface area contributed by atoms with Crippen LogP contribution in [0.3, 0.4) is 0 Å². The van der Waals surface area contributed by atoms with Crippen LogP contribution in [0.5, 0.6) is 0 Å². The first-order valence-electron chi connectivity index (χ1n) is 5.67. The lowest BCUT2D eigenvalue weighted by atomic mass is 10.2. The average Bonchev–Trinajstić information content (AvgIpc) is 2.97. The minimum atomic E-state index is -0.372. The molecule has 96 valence electrons. The zero-order chi connectivity index (χ0) is 13.4. The van der Waals surface area contributed by atoms with Crippen molar-refractivity contribution in [2.75, 3.05) is 0 Å². The van der Waals surface area contributed by atoms with Crippen molar-refractivity contribution < 1.29 is 4.42 Å².